The molecule has 0 rings (SSSR count). The third-order valence-electron chi connectivity index (χ3n) is 1.81. The molecule has 0 aliphatic rings. The van der Waals surface area contributed by atoms with Crippen LogP contribution < -0.4 is 5.73 Å². The molecule has 0 saturated carbocycles. The van der Waals surface area contributed by atoms with Crippen LogP contribution in [0.25, 0.3) is 0 Å². The number of hydrogen-bond donors (Lipinski definition) is 2. The summed E-state index contributed by atoms with van der Waals surface area (Å²) < 4.78 is 0. The minimum Gasteiger partial charge on any atom is -0.480 e. The lowest BCUT2D eigenvalue weighted by atomic mass is 9.95. The molecule has 3 N–H and O–H groups in total. The predicted octanol–water partition coefficient (Wildman–Crippen LogP) is 0.932. The summed E-state index contributed by atoms with van der Waals surface area (Å²) in [5.74, 6) is -0.0922. The average molecular weight is 177 g/mol. The first-order valence-corrected chi connectivity index (χ1v) is 4.97. The highest BCUT2D eigenvalue weighted by molar-refractivity contribution is 7.98. The number of carbonyl (C=O) groups is 1. The van der Waals surface area contributed by atoms with Crippen LogP contribution in [0.1, 0.15) is 19.8 Å². The number of rotatable bonds is 5. The molecule has 0 heterocycles. The first-order chi connectivity index (χ1) is 5.06. The van der Waals surface area contributed by atoms with E-state index in [1.165, 1.54) is 0 Å². The molecular weight excluding hydrogens is 162 g/mol. The minimum atomic E-state index is -1.01. The Morgan fingerprint density at radius 3 is 2.55 bits per heavy atom. The molecule has 4 heteroatoms. The van der Waals surface area contributed by atoms with Gasteiger partial charge in [-0.1, -0.05) is 6.92 Å². The maximum Gasteiger partial charge on any atom is 0.323 e. The zero-order valence-corrected chi connectivity index (χ0v) is 7.78. The van der Waals surface area contributed by atoms with E-state index in [0.29, 0.717) is 12.8 Å². The summed E-state index contributed by atoms with van der Waals surface area (Å²) in [5, 5.41) is 8.72. The van der Waals surface area contributed by atoms with Gasteiger partial charge in [-0.15, -0.1) is 0 Å². The Balaban J connectivity index is 3.99. The van der Waals surface area contributed by atoms with Crippen LogP contribution in [0.2, 0.25) is 0 Å². The van der Waals surface area contributed by atoms with E-state index in [9.17, 15) is 4.79 Å². The number of carboxylic acid groups (broad SMARTS) is 1. The molecule has 11 heavy (non-hydrogen) atoms. The van der Waals surface area contributed by atoms with Gasteiger partial charge in [0.05, 0.1) is 0 Å². The molecule has 0 aliphatic carbocycles. The molecule has 3 nitrogen and oxygen atoms in total. The SMILES string of the molecule is CCC(N)(CCSC)C(=O)O. The molecule has 66 valence electrons. The van der Waals surface area contributed by atoms with Crippen molar-refractivity contribution >= 4 is 17.7 Å². The van der Waals surface area contributed by atoms with Gasteiger partial charge in [-0.2, -0.15) is 11.8 Å². The van der Waals surface area contributed by atoms with Crippen LogP contribution in [0, 0.1) is 0 Å². The van der Waals surface area contributed by atoms with Crippen LogP contribution in [0.5, 0.6) is 0 Å². The molecule has 0 saturated heterocycles. The van der Waals surface area contributed by atoms with Crippen molar-refractivity contribution in [1.82, 2.24) is 0 Å². The Hall–Kier alpha value is -0.220. The lowest BCUT2D eigenvalue weighted by Gasteiger charge is -2.21. The minimum absolute atomic E-state index is 0.489. The summed E-state index contributed by atoms with van der Waals surface area (Å²) in [7, 11) is 0. The molecule has 1 unspecified atom stereocenters. The largest absolute Gasteiger partial charge is 0.480 e. The lowest BCUT2D eigenvalue weighted by Crippen LogP contribution is -2.47. The van der Waals surface area contributed by atoms with Crippen molar-refractivity contribution < 1.29 is 9.90 Å². The van der Waals surface area contributed by atoms with Gasteiger partial charge in [0.15, 0.2) is 0 Å². The van der Waals surface area contributed by atoms with Crippen molar-refractivity contribution in [2.24, 2.45) is 5.73 Å². The van der Waals surface area contributed by atoms with Gasteiger partial charge in [0, 0.05) is 0 Å². The predicted molar refractivity (Wildman–Crippen MR) is 47.8 cm³/mol. The second-order valence-electron chi connectivity index (χ2n) is 2.56. The highest BCUT2D eigenvalue weighted by Gasteiger charge is 2.30. The molecule has 0 aromatic heterocycles. The quantitative estimate of drug-likeness (QED) is 0.655. The number of carboxylic acids is 1. The summed E-state index contributed by atoms with van der Waals surface area (Å²) in [6, 6.07) is 0. The third-order valence-corrected chi connectivity index (χ3v) is 2.42. The Morgan fingerprint density at radius 1 is 1.73 bits per heavy atom. The van der Waals surface area contributed by atoms with E-state index in [2.05, 4.69) is 0 Å². The van der Waals surface area contributed by atoms with Crippen molar-refractivity contribution in [3.8, 4) is 0 Å². The van der Waals surface area contributed by atoms with Gasteiger partial charge in [-0.3, -0.25) is 4.79 Å². The standard InChI is InChI=1S/C7H15NO2S/c1-3-7(8,6(9)10)4-5-11-2/h3-5,8H2,1-2H3,(H,9,10). The summed E-state index contributed by atoms with van der Waals surface area (Å²) in [6.45, 7) is 1.80. The maximum absolute atomic E-state index is 10.6. The zero-order chi connectivity index (χ0) is 8.91. The van der Waals surface area contributed by atoms with Crippen LogP contribution >= 0.6 is 11.8 Å². The number of hydrogen-bond acceptors (Lipinski definition) is 3. The Labute approximate surface area is 71.3 Å². The van der Waals surface area contributed by atoms with Gasteiger partial charge in [0.25, 0.3) is 0 Å². The van der Waals surface area contributed by atoms with Crippen molar-refractivity contribution in [2.75, 3.05) is 12.0 Å². The van der Waals surface area contributed by atoms with Gasteiger partial charge in [-0.25, -0.2) is 0 Å². The van der Waals surface area contributed by atoms with Gasteiger partial charge in [-0.05, 0) is 24.9 Å². The van der Waals surface area contributed by atoms with Gasteiger partial charge < -0.3 is 10.8 Å². The van der Waals surface area contributed by atoms with Gasteiger partial charge in [0.2, 0.25) is 0 Å². The molecule has 0 aromatic rings. The van der Waals surface area contributed by atoms with Crippen LogP contribution in [0.4, 0.5) is 0 Å². The third kappa shape index (κ3) is 3.12. The smallest absolute Gasteiger partial charge is 0.323 e. The fourth-order valence-electron chi connectivity index (χ4n) is 0.719. The van der Waals surface area contributed by atoms with E-state index in [0.717, 1.165) is 5.75 Å². The van der Waals surface area contributed by atoms with E-state index < -0.39 is 11.5 Å². The number of aliphatic carboxylic acids is 1. The number of nitrogens with two attached hydrogens (primary N) is 1. The molecule has 0 aromatic carbocycles. The van der Waals surface area contributed by atoms with Gasteiger partial charge >= 0.3 is 5.97 Å². The van der Waals surface area contributed by atoms with E-state index in [1.807, 2.05) is 6.26 Å². The first-order valence-electron chi connectivity index (χ1n) is 3.58. The Morgan fingerprint density at radius 2 is 2.27 bits per heavy atom. The first kappa shape index (κ1) is 10.8. The van der Waals surface area contributed by atoms with Crippen molar-refractivity contribution in [2.45, 2.75) is 25.3 Å². The Bertz CT molecular complexity index is 140. The normalized spacial score (nSPS) is 15.9. The molecule has 0 fully saturated rings. The van der Waals surface area contributed by atoms with Crippen LogP contribution in [0.15, 0.2) is 0 Å². The Kier molecular flexibility index (Phi) is 4.52. The zero-order valence-electron chi connectivity index (χ0n) is 6.96. The topological polar surface area (TPSA) is 63.3 Å². The van der Waals surface area contributed by atoms with Gasteiger partial charge in [0.1, 0.15) is 5.54 Å². The molecule has 0 radical (unpaired) electrons. The summed E-state index contributed by atoms with van der Waals surface area (Å²) in [6.07, 6.45) is 2.97. The molecule has 0 aliphatic heterocycles. The highest BCUT2D eigenvalue weighted by atomic mass is 32.2. The second-order valence-corrected chi connectivity index (χ2v) is 3.54. The fraction of sp³-hybridized carbons (Fsp3) is 0.857. The molecule has 0 bridgehead atoms. The number of thioether (sulfide) groups is 1. The van der Waals surface area contributed by atoms with Crippen molar-refractivity contribution in [3.05, 3.63) is 0 Å². The van der Waals surface area contributed by atoms with Crippen LogP contribution in [0.3, 0.4) is 0 Å². The van der Waals surface area contributed by atoms with E-state index in [-0.39, 0.29) is 0 Å². The lowest BCUT2D eigenvalue weighted by molar-refractivity contribution is -0.143. The van der Waals surface area contributed by atoms with Crippen molar-refractivity contribution in [3.63, 3.8) is 0 Å². The fourth-order valence-corrected chi connectivity index (χ4v) is 1.29. The average Bonchev–Trinajstić information content (AvgIpc) is 2.00. The van der Waals surface area contributed by atoms with Crippen molar-refractivity contribution in [1.29, 1.82) is 0 Å². The van der Waals surface area contributed by atoms with E-state index in [1.54, 1.807) is 18.7 Å². The van der Waals surface area contributed by atoms with Crippen LogP contribution in [-0.4, -0.2) is 28.6 Å². The second kappa shape index (κ2) is 4.62. The molecule has 0 spiro atoms. The molecular formula is C7H15NO2S. The molecule has 1 atom stereocenters. The monoisotopic (exact) mass is 177 g/mol. The highest BCUT2D eigenvalue weighted by Crippen LogP contribution is 2.14. The molecule has 0 amide bonds. The maximum atomic E-state index is 10.6. The summed E-state index contributed by atoms with van der Waals surface area (Å²) >= 11 is 1.62. The van der Waals surface area contributed by atoms with E-state index in [4.69, 9.17) is 10.8 Å². The van der Waals surface area contributed by atoms with E-state index >= 15 is 0 Å². The van der Waals surface area contributed by atoms with Crippen LogP contribution in [-0.2, 0) is 4.79 Å². The summed E-state index contributed by atoms with van der Waals surface area (Å²) in [5.41, 5.74) is 4.60. The summed E-state index contributed by atoms with van der Waals surface area (Å²) in [4.78, 5) is 10.6.